The lowest BCUT2D eigenvalue weighted by Gasteiger charge is -2.14. The number of likely N-dealkylation sites (tertiary alicyclic amines) is 1. The van der Waals surface area contributed by atoms with Crippen molar-refractivity contribution in [2.24, 2.45) is 17.8 Å². The van der Waals surface area contributed by atoms with Gasteiger partial charge in [0, 0.05) is 26.1 Å². The zero-order valence-electron chi connectivity index (χ0n) is 7.36. The van der Waals surface area contributed by atoms with Crippen molar-refractivity contribution in [1.29, 1.82) is 0 Å². The van der Waals surface area contributed by atoms with Crippen LogP contribution in [0.25, 0.3) is 0 Å². The highest BCUT2D eigenvalue weighted by Crippen LogP contribution is 2.51. The molecule has 3 atom stereocenters. The van der Waals surface area contributed by atoms with Crippen molar-refractivity contribution in [2.45, 2.75) is 0 Å². The number of rotatable bonds is 1. The van der Waals surface area contributed by atoms with Crippen molar-refractivity contribution in [3.63, 3.8) is 0 Å². The molecule has 2 amide bonds. The summed E-state index contributed by atoms with van der Waals surface area (Å²) in [6.07, 6.45) is -0.872. The minimum absolute atomic E-state index is 0.0556. The largest absolute Gasteiger partial charge is 0.465 e. The Kier molecular flexibility index (Phi) is 1.68. The smallest absolute Gasteiger partial charge is 0.407 e. The second kappa shape index (κ2) is 2.61. The summed E-state index contributed by atoms with van der Waals surface area (Å²) in [5, 5.41) is 11.3. The van der Waals surface area contributed by atoms with Crippen molar-refractivity contribution in [3.05, 3.63) is 0 Å². The average molecular weight is 184 g/mol. The van der Waals surface area contributed by atoms with E-state index in [0.29, 0.717) is 13.1 Å². The molecule has 0 radical (unpaired) electrons. The van der Waals surface area contributed by atoms with Gasteiger partial charge >= 0.3 is 6.09 Å². The van der Waals surface area contributed by atoms with Gasteiger partial charge in [0.15, 0.2) is 0 Å². The minimum Gasteiger partial charge on any atom is -0.465 e. The molecule has 0 aromatic carbocycles. The van der Waals surface area contributed by atoms with Gasteiger partial charge in [-0.25, -0.2) is 4.79 Å². The molecule has 13 heavy (non-hydrogen) atoms. The Morgan fingerprint density at radius 1 is 1.38 bits per heavy atom. The molecule has 2 fully saturated rings. The van der Waals surface area contributed by atoms with Gasteiger partial charge in [-0.3, -0.25) is 4.79 Å². The van der Waals surface area contributed by atoms with Crippen LogP contribution in [0, 0.1) is 17.8 Å². The van der Waals surface area contributed by atoms with Crippen LogP contribution in [0.15, 0.2) is 0 Å². The summed E-state index contributed by atoms with van der Waals surface area (Å²) < 4.78 is 0. The normalized spacial score (nSPS) is 35.5. The van der Waals surface area contributed by atoms with Gasteiger partial charge in [0.2, 0.25) is 5.91 Å². The van der Waals surface area contributed by atoms with Gasteiger partial charge in [-0.15, -0.1) is 0 Å². The summed E-state index contributed by atoms with van der Waals surface area (Å²) in [4.78, 5) is 23.1. The Hall–Kier alpha value is -1.26. The molecule has 2 aliphatic rings. The summed E-state index contributed by atoms with van der Waals surface area (Å²) in [6.45, 7) is 1.05. The lowest BCUT2D eigenvalue weighted by Crippen LogP contribution is -2.33. The van der Waals surface area contributed by atoms with Gasteiger partial charge in [0.25, 0.3) is 0 Å². The van der Waals surface area contributed by atoms with Crippen molar-refractivity contribution in [1.82, 2.24) is 10.2 Å². The van der Waals surface area contributed by atoms with Crippen molar-refractivity contribution in [2.75, 3.05) is 20.1 Å². The number of amides is 2. The second-order valence-corrected chi connectivity index (χ2v) is 3.66. The van der Waals surface area contributed by atoms with E-state index in [-0.39, 0.29) is 23.7 Å². The van der Waals surface area contributed by atoms with E-state index in [0.717, 1.165) is 0 Å². The first-order chi connectivity index (χ1) is 6.15. The molecular formula is C8H12N2O3. The third-order valence-corrected chi connectivity index (χ3v) is 3.01. The Bertz CT molecular complexity index is 254. The van der Waals surface area contributed by atoms with Crippen LogP contribution in [0.3, 0.4) is 0 Å². The molecule has 1 heterocycles. The summed E-state index contributed by atoms with van der Waals surface area (Å²) in [7, 11) is 1.62. The van der Waals surface area contributed by atoms with Crippen LogP contribution in [-0.4, -0.2) is 42.1 Å². The van der Waals surface area contributed by atoms with Crippen LogP contribution >= 0.6 is 0 Å². The van der Waals surface area contributed by atoms with Crippen LogP contribution in [0.5, 0.6) is 0 Å². The van der Waals surface area contributed by atoms with E-state index in [1.165, 1.54) is 4.90 Å². The lowest BCUT2D eigenvalue weighted by molar-refractivity contribution is -0.122. The molecule has 72 valence electrons. The molecule has 0 unspecified atom stereocenters. The fraction of sp³-hybridized carbons (Fsp3) is 0.750. The predicted octanol–water partition coefficient (Wildman–Crippen LogP) is -0.412. The summed E-state index contributed by atoms with van der Waals surface area (Å²) >= 11 is 0. The third kappa shape index (κ3) is 1.15. The number of carboxylic acid groups (broad SMARTS) is 1. The van der Waals surface area contributed by atoms with E-state index >= 15 is 0 Å². The molecule has 0 aromatic heterocycles. The fourth-order valence-corrected chi connectivity index (χ4v) is 2.24. The van der Waals surface area contributed by atoms with Crippen LogP contribution in [0.1, 0.15) is 0 Å². The minimum atomic E-state index is -0.872. The molecule has 0 spiro atoms. The van der Waals surface area contributed by atoms with Crippen LogP contribution in [-0.2, 0) is 4.79 Å². The molecule has 5 heteroatoms. The van der Waals surface area contributed by atoms with Crippen LogP contribution in [0.4, 0.5) is 4.79 Å². The van der Waals surface area contributed by atoms with Crippen molar-refractivity contribution < 1.29 is 14.7 Å². The molecule has 1 saturated carbocycles. The standard InChI is InChI=1S/C8H12N2O3/c1-9-7(11)6-4-2-10(8(12)13)3-5(4)6/h4-6H,2-3H2,1H3,(H,9,11)(H,12,13)/t4-,5+,6-. The number of hydrogen-bond acceptors (Lipinski definition) is 2. The maximum absolute atomic E-state index is 11.2. The number of piperidine rings is 1. The van der Waals surface area contributed by atoms with Crippen LogP contribution < -0.4 is 5.32 Å². The van der Waals surface area contributed by atoms with Gasteiger partial charge in [-0.1, -0.05) is 0 Å². The van der Waals surface area contributed by atoms with Gasteiger partial charge in [0.05, 0.1) is 0 Å². The Labute approximate surface area is 75.7 Å². The lowest BCUT2D eigenvalue weighted by atomic mass is 10.2. The van der Waals surface area contributed by atoms with E-state index in [9.17, 15) is 9.59 Å². The summed E-state index contributed by atoms with van der Waals surface area (Å²) in [6, 6.07) is 0. The van der Waals surface area contributed by atoms with Gasteiger partial charge in [-0.2, -0.15) is 0 Å². The Balaban J connectivity index is 1.90. The summed E-state index contributed by atoms with van der Waals surface area (Å²) in [5.74, 6) is 0.674. The third-order valence-electron chi connectivity index (χ3n) is 3.01. The predicted molar refractivity (Wildman–Crippen MR) is 44.1 cm³/mol. The number of carbonyl (C=O) groups excluding carboxylic acids is 1. The number of nitrogens with zero attached hydrogens (tertiary/aromatic N) is 1. The second-order valence-electron chi connectivity index (χ2n) is 3.66. The van der Waals surface area contributed by atoms with Crippen LogP contribution in [0.2, 0.25) is 0 Å². The van der Waals surface area contributed by atoms with Crippen molar-refractivity contribution in [3.8, 4) is 0 Å². The highest BCUT2D eigenvalue weighted by molar-refractivity contribution is 5.82. The SMILES string of the molecule is CNC(=O)[C@@H]1[C@@H]2CN(C(=O)O)C[C@@H]21. The van der Waals surface area contributed by atoms with E-state index in [2.05, 4.69) is 5.32 Å². The quantitative estimate of drug-likeness (QED) is 0.582. The fourth-order valence-electron chi connectivity index (χ4n) is 2.24. The highest BCUT2D eigenvalue weighted by atomic mass is 16.4. The number of fused-ring (bicyclic) bond motifs is 1. The summed E-state index contributed by atoms with van der Waals surface area (Å²) in [5.41, 5.74) is 0. The van der Waals surface area contributed by atoms with E-state index < -0.39 is 6.09 Å². The first kappa shape index (κ1) is 8.34. The number of nitrogens with one attached hydrogen (secondary N) is 1. The monoisotopic (exact) mass is 184 g/mol. The molecule has 2 N–H and O–H groups in total. The van der Waals surface area contributed by atoms with Gasteiger partial charge in [-0.05, 0) is 11.8 Å². The molecule has 1 aliphatic heterocycles. The number of carbonyl (C=O) groups is 2. The zero-order chi connectivity index (χ0) is 9.59. The topological polar surface area (TPSA) is 69.6 Å². The molecule has 0 bridgehead atoms. The Morgan fingerprint density at radius 3 is 2.31 bits per heavy atom. The molecule has 5 nitrogen and oxygen atoms in total. The Morgan fingerprint density at radius 2 is 1.92 bits per heavy atom. The zero-order valence-corrected chi connectivity index (χ0v) is 7.36. The number of hydrogen-bond donors (Lipinski definition) is 2. The van der Waals surface area contributed by atoms with E-state index in [1.54, 1.807) is 7.05 Å². The highest BCUT2D eigenvalue weighted by Gasteiger charge is 2.60. The molecule has 0 aromatic rings. The van der Waals surface area contributed by atoms with Gasteiger partial charge in [0.1, 0.15) is 0 Å². The van der Waals surface area contributed by atoms with E-state index in [4.69, 9.17) is 5.11 Å². The van der Waals surface area contributed by atoms with Crippen molar-refractivity contribution >= 4 is 12.0 Å². The first-order valence-corrected chi connectivity index (χ1v) is 4.34. The maximum Gasteiger partial charge on any atom is 0.407 e. The molecule has 1 aliphatic carbocycles. The average Bonchev–Trinajstić information content (AvgIpc) is 2.58. The maximum atomic E-state index is 11.2. The van der Waals surface area contributed by atoms with E-state index in [1.807, 2.05) is 0 Å². The molecular weight excluding hydrogens is 172 g/mol. The molecule has 1 saturated heterocycles. The first-order valence-electron chi connectivity index (χ1n) is 4.34. The molecule has 2 rings (SSSR count). The van der Waals surface area contributed by atoms with Gasteiger partial charge < -0.3 is 15.3 Å².